The van der Waals surface area contributed by atoms with Crippen LogP contribution < -0.4 is 9.88 Å². The first-order valence-electron chi connectivity index (χ1n) is 12.4. The van der Waals surface area contributed by atoms with Crippen molar-refractivity contribution in [2.75, 3.05) is 26.2 Å². The van der Waals surface area contributed by atoms with Crippen molar-refractivity contribution in [3.63, 3.8) is 0 Å². The van der Waals surface area contributed by atoms with Crippen molar-refractivity contribution in [3.8, 4) is 27.7 Å². The molecule has 0 radical (unpaired) electrons. The second-order valence-electron chi connectivity index (χ2n) is 9.15. The SMILES string of the molecule is NS(=O)(=O)O.O.O=C(c1ccc(OCCN2CCCCC2)cc1)c1c(-c2ccc(O)cc2)sc2cc(O)ccc12. The molecule has 0 spiro atoms. The second kappa shape index (κ2) is 13.7. The predicted molar refractivity (Wildman–Crippen MR) is 156 cm³/mol. The fourth-order valence-corrected chi connectivity index (χ4v) is 5.69. The van der Waals surface area contributed by atoms with Gasteiger partial charge in [-0.05, 0) is 98.2 Å². The first kappa shape index (κ1) is 31.0. The molecule has 0 atom stereocenters. The predicted octanol–water partition coefficient (Wildman–Crippen LogP) is 4.00. The Morgan fingerprint density at radius 1 is 0.925 bits per heavy atom. The summed E-state index contributed by atoms with van der Waals surface area (Å²) in [6, 6.07) is 19.2. The lowest BCUT2D eigenvalue weighted by Gasteiger charge is -2.26. The standard InChI is InChI=1S/C28H27NO4S.H3NO3S.H2O/c30-21-8-4-20(5-9-21)28-26(24-13-10-22(31)18-25(24)34-28)27(32)19-6-11-23(12-7-19)33-17-16-29-14-2-1-3-15-29;1-5(2,3)4;/h4-13,18,30-31H,1-3,14-17H2;(H3,1,2,3,4);1H2. The number of hydrogen-bond acceptors (Lipinski definition) is 8. The van der Waals surface area contributed by atoms with E-state index in [1.54, 1.807) is 42.5 Å². The summed E-state index contributed by atoms with van der Waals surface area (Å²) in [6.45, 7) is 3.85. The van der Waals surface area contributed by atoms with Crippen LogP contribution in [0.4, 0.5) is 0 Å². The number of ether oxygens (including phenoxy) is 1. The molecule has 0 unspecified atom stereocenters. The van der Waals surface area contributed by atoms with Crippen molar-refractivity contribution in [1.82, 2.24) is 4.90 Å². The summed E-state index contributed by atoms with van der Waals surface area (Å²) in [7, 11) is -4.17. The van der Waals surface area contributed by atoms with E-state index in [1.165, 1.54) is 30.6 Å². The van der Waals surface area contributed by atoms with Crippen LogP contribution in [0.25, 0.3) is 20.5 Å². The number of fused-ring (bicyclic) bond motifs is 1. The number of rotatable bonds is 7. The number of phenols is 2. The molecule has 1 fully saturated rings. The van der Waals surface area contributed by atoms with Crippen molar-refractivity contribution in [1.29, 1.82) is 0 Å². The molecule has 7 N–H and O–H groups in total. The van der Waals surface area contributed by atoms with Gasteiger partial charge in [0.15, 0.2) is 5.78 Å². The lowest BCUT2D eigenvalue weighted by molar-refractivity contribution is 0.104. The van der Waals surface area contributed by atoms with Gasteiger partial charge in [-0.3, -0.25) is 14.2 Å². The highest BCUT2D eigenvalue weighted by atomic mass is 32.2. The topological polar surface area (TPSA) is 182 Å². The van der Waals surface area contributed by atoms with E-state index in [0.29, 0.717) is 17.7 Å². The number of carbonyl (C=O) groups is 1. The minimum atomic E-state index is -4.17. The average molecular weight is 589 g/mol. The monoisotopic (exact) mass is 588 g/mol. The van der Waals surface area contributed by atoms with Gasteiger partial charge in [-0.25, -0.2) is 5.14 Å². The third kappa shape index (κ3) is 8.49. The van der Waals surface area contributed by atoms with Crippen LogP contribution in [0.3, 0.4) is 0 Å². The van der Waals surface area contributed by atoms with Crippen molar-refractivity contribution < 1.29 is 38.2 Å². The lowest BCUT2D eigenvalue weighted by atomic mass is 9.97. The minimum Gasteiger partial charge on any atom is -0.508 e. The molecular weight excluding hydrogens is 556 g/mol. The number of likely N-dealkylation sites (tertiary alicyclic amines) is 1. The van der Waals surface area contributed by atoms with Gasteiger partial charge >= 0.3 is 10.3 Å². The number of nitrogens with zero attached hydrogens (tertiary/aromatic N) is 1. The maximum Gasteiger partial charge on any atom is 0.330 e. The molecule has 12 heteroatoms. The number of benzene rings is 3. The Morgan fingerprint density at radius 3 is 2.15 bits per heavy atom. The van der Waals surface area contributed by atoms with Crippen LogP contribution in [0.15, 0.2) is 66.7 Å². The van der Waals surface area contributed by atoms with Crippen molar-refractivity contribution in [2.24, 2.45) is 5.14 Å². The van der Waals surface area contributed by atoms with E-state index < -0.39 is 10.3 Å². The summed E-state index contributed by atoms with van der Waals surface area (Å²) in [6.07, 6.45) is 3.85. The molecule has 3 aromatic carbocycles. The number of nitrogens with two attached hydrogens (primary N) is 1. The van der Waals surface area contributed by atoms with Gasteiger partial charge in [0.05, 0.1) is 0 Å². The van der Waals surface area contributed by atoms with E-state index in [1.807, 2.05) is 24.3 Å². The molecule has 1 aromatic heterocycles. The first-order chi connectivity index (χ1) is 18.6. The molecule has 10 nitrogen and oxygen atoms in total. The number of ketones is 1. The fourth-order valence-electron chi connectivity index (χ4n) is 4.45. The number of aromatic hydroxyl groups is 2. The third-order valence-corrected chi connectivity index (χ3v) is 7.47. The molecule has 1 aliphatic rings. The van der Waals surface area contributed by atoms with Gasteiger partial charge in [0.25, 0.3) is 0 Å². The normalized spacial score (nSPS) is 13.7. The minimum absolute atomic E-state index is 0. The number of carbonyl (C=O) groups excluding carboxylic acids is 1. The summed E-state index contributed by atoms with van der Waals surface area (Å²) in [5.41, 5.74) is 2.03. The van der Waals surface area contributed by atoms with E-state index in [9.17, 15) is 15.0 Å². The summed E-state index contributed by atoms with van der Waals surface area (Å²) >= 11 is 1.46. The number of thiophene rings is 1. The maximum absolute atomic E-state index is 13.6. The Labute approximate surface area is 236 Å². The number of phenolic OH excluding ortho intramolecular Hbond substituents is 2. The zero-order valence-electron chi connectivity index (χ0n) is 21.6. The van der Waals surface area contributed by atoms with Crippen LogP contribution in [0.1, 0.15) is 35.2 Å². The number of piperidine rings is 1. The van der Waals surface area contributed by atoms with E-state index in [-0.39, 0.29) is 22.8 Å². The molecule has 5 rings (SSSR count). The Hall–Kier alpha value is -3.52. The second-order valence-corrected chi connectivity index (χ2v) is 11.2. The average Bonchev–Trinajstić information content (AvgIpc) is 3.27. The van der Waals surface area contributed by atoms with Crippen LogP contribution in [0.2, 0.25) is 0 Å². The smallest absolute Gasteiger partial charge is 0.330 e. The zero-order valence-corrected chi connectivity index (χ0v) is 23.2. The van der Waals surface area contributed by atoms with Gasteiger partial charge < -0.3 is 20.4 Å². The van der Waals surface area contributed by atoms with E-state index in [0.717, 1.165) is 45.9 Å². The van der Waals surface area contributed by atoms with Crippen LogP contribution in [0, 0.1) is 0 Å². The highest BCUT2D eigenvalue weighted by molar-refractivity contribution is 7.83. The zero-order chi connectivity index (χ0) is 28.0. The van der Waals surface area contributed by atoms with Gasteiger partial charge in [-0.15, -0.1) is 11.3 Å². The Morgan fingerprint density at radius 2 is 1.52 bits per heavy atom. The third-order valence-electron chi connectivity index (χ3n) is 6.27. The quantitative estimate of drug-likeness (QED) is 0.184. The van der Waals surface area contributed by atoms with Crippen molar-refractivity contribution >= 4 is 37.5 Å². The number of hydrogen-bond donors (Lipinski definition) is 4. The Bertz CT molecular complexity index is 1520. The molecule has 0 saturated carbocycles. The Balaban J connectivity index is 0.000000677. The molecule has 40 heavy (non-hydrogen) atoms. The van der Waals surface area contributed by atoms with Crippen molar-refractivity contribution in [2.45, 2.75) is 19.3 Å². The largest absolute Gasteiger partial charge is 0.508 e. The molecule has 0 bridgehead atoms. The molecule has 0 aliphatic carbocycles. The van der Waals surface area contributed by atoms with Gasteiger partial charge in [0.2, 0.25) is 0 Å². The molecule has 214 valence electrons. The summed E-state index contributed by atoms with van der Waals surface area (Å²) < 4.78 is 32.0. The summed E-state index contributed by atoms with van der Waals surface area (Å²) in [5.74, 6) is 1.01. The fraction of sp³-hybridized carbons (Fsp3) is 0.250. The highest BCUT2D eigenvalue weighted by Crippen LogP contribution is 2.41. The summed E-state index contributed by atoms with van der Waals surface area (Å²) in [5, 5.41) is 24.3. The van der Waals surface area contributed by atoms with Crippen LogP contribution in [0.5, 0.6) is 17.2 Å². The molecule has 2 heterocycles. The van der Waals surface area contributed by atoms with Gasteiger partial charge in [0, 0.05) is 32.6 Å². The highest BCUT2D eigenvalue weighted by Gasteiger charge is 2.22. The molecule has 1 saturated heterocycles. The van der Waals surface area contributed by atoms with Crippen LogP contribution in [-0.2, 0) is 10.3 Å². The molecule has 0 amide bonds. The van der Waals surface area contributed by atoms with E-state index >= 15 is 0 Å². The molecular formula is C28H32N2O8S2. The van der Waals surface area contributed by atoms with E-state index in [2.05, 4.69) is 10.0 Å². The van der Waals surface area contributed by atoms with Gasteiger partial charge in [-0.2, -0.15) is 8.42 Å². The van der Waals surface area contributed by atoms with Gasteiger partial charge in [-0.1, -0.05) is 6.42 Å². The van der Waals surface area contributed by atoms with Crippen LogP contribution >= 0.6 is 11.3 Å². The first-order valence-corrected chi connectivity index (χ1v) is 14.7. The molecule has 1 aliphatic heterocycles. The summed E-state index contributed by atoms with van der Waals surface area (Å²) in [4.78, 5) is 16.9. The maximum atomic E-state index is 13.6. The van der Waals surface area contributed by atoms with Crippen molar-refractivity contribution in [3.05, 3.63) is 77.9 Å². The van der Waals surface area contributed by atoms with Gasteiger partial charge in [0.1, 0.15) is 23.9 Å². The molecule has 4 aromatic rings. The van der Waals surface area contributed by atoms with Crippen LogP contribution in [-0.4, -0.2) is 65.6 Å². The van der Waals surface area contributed by atoms with E-state index in [4.69, 9.17) is 17.7 Å². The lowest BCUT2D eigenvalue weighted by Crippen LogP contribution is -2.33. The Kier molecular flexibility index (Phi) is 10.6.